The molecule has 5 nitrogen and oxygen atoms in total. The van der Waals surface area contributed by atoms with Gasteiger partial charge >= 0.3 is 7.82 Å². The predicted octanol–water partition coefficient (Wildman–Crippen LogP) is 7.36. The molecule has 0 saturated heterocycles. The van der Waals surface area contributed by atoms with Crippen molar-refractivity contribution in [2.24, 2.45) is 0 Å². The number of phosphoric ester groups is 1. The number of hydrogen-bond donors (Lipinski definition) is 3. The number of nitrogens with one attached hydrogen (secondary N) is 1. The summed E-state index contributed by atoms with van der Waals surface area (Å²) in [4.78, 5) is 16.6. The molecule has 6 heteroatoms. The highest BCUT2D eigenvalue weighted by atomic mass is 31.2. The van der Waals surface area contributed by atoms with Gasteiger partial charge in [0.2, 0.25) is 0 Å². The van der Waals surface area contributed by atoms with Gasteiger partial charge in [0, 0.05) is 0 Å². The van der Waals surface area contributed by atoms with Gasteiger partial charge in [-0.1, -0.05) is 111 Å². The van der Waals surface area contributed by atoms with Crippen molar-refractivity contribution in [2.45, 2.75) is 130 Å². The van der Waals surface area contributed by atoms with Gasteiger partial charge in [-0.25, -0.2) is 4.57 Å². The van der Waals surface area contributed by atoms with Gasteiger partial charge in [-0.05, 0) is 32.4 Å². The maximum absolute atomic E-state index is 10.2. The van der Waals surface area contributed by atoms with E-state index in [0.717, 1.165) is 19.3 Å². The van der Waals surface area contributed by atoms with Crippen molar-refractivity contribution >= 4 is 7.82 Å². The third kappa shape index (κ3) is 35.8. The van der Waals surface area contributed by atoms with E-state index in [9.17, 15) is 4.57 Å². The van der Waals surface area contributed by atoms with E-state index < -0.39 is 7.82 Å². The standard InChI is InChI=1S/C16H35N.C7H17O4P/c1-3-5-7-9-11-13-15-17-16-14-12-10-8-6-4-2;1-2-3-4-5-6-7-11-12(8,9)10/h17H,3-16H2,1-2H3;2-7H2,1H3,(H2,8,9,10). The van der Waals surface area contributed by atoms with Gasteiger partial charge in [-0.15, -0.1) is 0 Å². The second-order valence-corrected chi connectivity index (χ2v) is 9.26. The molecule has 0 heterocycles. The summed E-state index contributed by atoms with van der Waals surface area (Å²) in [7, 11) is -4.22. The molecule has 3 N–H and O–H groups in total. The summed E-state index contributed by atoms with van der Waals surface area (Å²) in [5.74, 6) is 0. The smallest absolute Gasteiger partial charge is 0.317 e. The number of rotatable bonds is 21. The first-order valence-electron chi connectivity index (χ1n) is 12.4. The minimum atomic E-state index is -4.22. The Morgan fingerprint density at radius 2 is 0.931 bits per heavy atom. The highest BCUT2D eigenvalue weighted by Gasteiger charge is 2.12. The summed E-state index contributed by atoms with van der Waals surface area (Å²) >= 11 is 0. The van der Waals surface area contributed by atoms with Crippen molar-refractivity contribution < 1.29 is 18.9 Å². The third-order valence-electron chi connectivity index (χ3n) is 4.92. The molecule has 0 rings (SSSR count). The molecule has 29 heavy (non-hydrogen) atoms. The van der Waals surface area contributed by atoms with Crippen molar-refractivity contribution in [1.82, 2.24) is 5.32 Å². The van der Waals surface area contributed by atoms with E-state index in [1.54, 1.807) is 0 Å². The molecule has 0 aliphatic carbocycles. The van der Waals surface area contributed by atoms with Crippen molar-refractivity contribution in [2.75, 3.05) is 19.7 Å². The Morgan fingerprint density at radius 3 is 1.31 bits per heavy atom. The maximum atomic E-state index is 10.2. The fourth-order valence-electron chi connectivity index (χ4n) is 3.07. The van der Waals surface area contributed by atoms with Crippen molar-refractivity contribution in [3.8, 4) is 0 Å². The minimum Gasteiger partial charge on any atom is -0.317 e. The maximum Gasteiger partial charge on any atom is 0.469 e. The second-order valence-electron chi connectivity index (χ2n) is 8.02. The molecule has 178 valence electrons. The summed E-state index contributed by atoms with van der Waals surface area (Å²) in [6.07, 6.45) is 22.1. The molecule has 0 unspecified atom stereocenters. The van der Waals surface area contributed by atoms with Gasteiger partial charge in [0.1, 0.15) is 0 Å². The Labute approximate surface area is 182 Å². The zero-order chi connectivity index (χ0) is 22.1. The van der Waals surface area contributed by atoms with Crippen LogP contribution in [0, 0.1) is 0 Å². The van der Waals surface area contributed by atoms with Crippen LogP contribution in [-0.4, -0.2) is 29.5 Å². The van der Waals surface area contributed by atoms with Gasteiger partial charge in [0.15, 0.2) is 0 Å². The lowest BCUT2D eigenvalue weighted by molar-refractivity contribution is 0.193. The van der Waals surface area contributed by atoms with E-state index in [-0.39, 0.29) is 6.61 Å². The Bertz CT molecular complexity index is 323. The largest absolute Gasteiger partial charge is 0.469 e. The van der Waals surface area contributed by atoms with Crippen molar-refractivity contribution in [3.05, 3.63) is 0 Å². The van der Waals surface area contributed by atoms with Crippen LogP contribution < -0.4 is 5.32 Å². The average molecular weight is 438 g/mol. The first-order chi connectivity index (χ1) is 14.0. The van der Waals surface area contributed by atoms with Crippen LogP contribution in [0.4, 0.5) is 0 Å². The van der Waals surface area contributed by atoms with Crippen LogP contribution in [0.5, 0.6) is 0 Å². The molecule has 0 aromatic heterocycles. The zero-order valence-corrected chi connectivity index (χ0v) is 20.7. The predicted molar refractivity (Wildman–Crippen MR) is 126 cm³/mol. The molecule has 0 fully saturated rings. The van der Waals surface area contributed by atoms with Crippen LogP contribution in [0.2, 0.25) is 0 Å². The van der Waals surface area contributed by atoms with E-state index in [1.165, 1.54) is 103 Å². The third-order valence-corrected chi connectivity index (χ3v) is 5.44. The Balaban J connectivity index is 0. The molecule has 0 spiro atoms. The highest BCUT2D eigenvalue weighted by Crippen LogP contribution is 2.35. The van der Waals surface area contributed by atoms with Crippen molar-refractivity contribution in [1.29, 1.82) is 0 Å². The summed E-state index contributed by atoms with van der Waals surface area (Å²) in [5.41, 5.74) is 0. The summed E-state index contributed by atoms with van der Waals surface area (Å²) in [5, 5.41) is 3.57. The fourth-order valence-corrected chi connectivity index (χ4v) is 3.44. The van der Waals surface area contributed by atoms with Gasteiger partial charge in [0.25, 0.3) is 0 Å². The Morgan fingerprint density at radius 1 is 0.586 bits per heavy atom. The lowest BCUT2D eigenvalue weighted by Gasteiger charge is -2.04. The summed E-state index contributed by atoms with van der Waals surface area (Å²) < 4.78 is 14.5. The zero-order valence-electron chi connectivity index (χ0n) is 19.8. The molecule has 0 bridgehead atoms. The number of unbranched alkanes of at least 4 members (excludes halogenated alkanes) is 14. The topological polar surface area (TPSA) is 78.8 Å². The Kier molecular flexibility index (Phi) is 28.1. The second kappa shape index (κ2) is 26.1. The minimum absolute atomic E-state index is 0.161. The van der Waals surface area contributed by atoms with Crippen LogP contribution in [0.3, 0.4) is 0 Å². The van der Waals surface area contributed by atoms with E-state index in [2.05, 4.69) is 30.6 Å². The number of hydrogen-bond acceptors (Lipinski definition) is 3. The molecule has 0 radical (unpaired) electrons. The summed E-state index contributed by atoms with van der Waals surface area (Å²) in [6.45, 7) is 9.31. The van der Waals surface area contributed by atoms with Gasteiger partial charge in [0.05, 0.1) is 6.61 Å². The summed E-state index contributed by atoms with van der Waals surface area (Å²) in [6, 6.07) is 0. The van der Waals surface area contributed by atoms with Gasteiger partial charge < -0.3 is 15.1 Å². The molecule has 0 aliphatic heterocycles. The van der Waals surface area contributed by atoms with Crippen LogP contribution in [0.15, 0.2) is 0 Å². The van der Waals surface area contributed by atoms with E-state index in [4.69, 9.17) is 9.79 Å². The van der Waals surface area contributed by atoms with Gasteiger partial charge in [-0.3, -0.25) is 4.52 Å². The average Bonchev–Trinajstić information content (AvgIpc) is 2.68. The van der Waals surface area contributed by atoms with E-state index in [1.807, 2.05) is 0 Å². The fraction of sp³-hybridized carbons (Fsp3) is 1.00. The normalized spacial score (nSPS) is 11.3. The lowest BCUT2D eigenvalue weighted by Crippen LogP contribution is -2.16. The monoisotopic (exact) mass is 437 g/mol. The Hall–Kier alpha value is 0.0700. The molecular weight excluding hydrogens is 385 g/mol. The molecule has 0 amide bonds. The van der Waals surface area contributed by atoms with Gasteiger partial charge in [-0.2, -0.15) is 0 Å². The van der Waals surface area contributed by atoms with E-state index >= 15 is 0 Å². The van der Waals surface area contributed by atoms with Crippen LogP contribution in [0.25, 0.3) is 0 Å². The quantitative estimate of drug-likeness (QED) is 0.129. The first-order valence-corrected chi connectivity index (χ1v) is 13.9. The van der Waals surface area contributed by atoms with E-state index in [0.29, 0.717) is 0 Å². The van der Waals surface area contributed by atoms with Crippen LogP contribution in [-0.2, 0) is 9.09 Å². The first kappa shape index (κ1) is 31.3. The molecule has 0 saturated carbocycles. The highest BCUT2D eigenvalue weighted by molar-refractivity contribution is 7.46. The molecule has 0 atom stereocenters. The number of phosphoric acid groups is 1. The van der Waals surface area contributed by atoms with Crippen molar-refractivity contribution in [3.63, 3.8) is 0 Å². The molecule has 0 aromatic rings. The molecular formula is C23H52NO4P. The van der Waals surface area contributed by atoms with Crippen LogP contribution >= 0.6 is 7.82 Å². The molecule has 0 aromatic carbocycles. The lowest BCUT2D eigenvalue weighted by atomic mass is 10.1. The SMILES string of the molecule is CCCCCCCCNCCCCCCCC.CCCCCCCOP(=O)(O)O. The van der Waals surface area contributed by atoms with Crippen LogP contribution in [0.1, 0.15) is 130 Å². The molecule has 0 aliphatic rings.